The summed E-state index contributed by atoms with van der Waals surface area (Å²) in [5, 5.41) is 9.47. The average Bonchev–Trinajstić information content (AvgIpc) is 3.03. The van der Waals surface area contributed by atoms with E-state index in [4.69, 9.17) is 0 Å². The molecule has 2 rings (SSSR count). The molecular weight excluding hydrogens is 298 g/mol. The van der Waals surface area contributed by atoms with Crippen molar-refractivity contribution in [1.29, 1.82) is 0 Å². The third-order valence-electron chi connectivity index (χ3n) is 4.74. The van der Waals surface area contributed by atoms with E-state index in [0.29, 0.717) is 23.6 Å². The lowest BCUT2D eigenvalue weighted by molar-refractivity contribution is -0.121. The monoisotopic (exact) mass is 327 g/mol. The van der Waals surface area contributed by atoms with E-state index in [-0.39, 0.29) is 18.0 Å². The van der Waals surface area contributed by atoms with Crippen LogP contribution in [0.2, 0.25) is 0 Å². The average molecular weight is 327 g/mol. The fourth-order valence-electron chi connectivity index (χ4n) is 3.02. The van der Waals surface area contributed by atoms with Gasteiger partial charge in [-0.05, 0) is 25.2 Å². The van der Waals surface area contributed by atoms with Crippen LogP contribution in [0.4, 0.5) is 4.79 Å². The Labute approximate surface area is 137 Å². The molecule has 22 heavy (non-hydrogen) atoms. The Balaban J connectivity index is 1.52. The normalized spacial score (nSPS) is 27.9. The predicted molar refractivity (Wildman–Crippen MR) is 91.0 cm³/mol. The Morgan fingerprint density at radius 3 is 3.00 bits per heavy atom. The summed E-state index contributed by atoms with van der Waals surface area (Å²) in [6.45, 7) is 5.20. The molecule has 0 bridgehead atoms. The SMILES string of the molecule is CCC(C)CCNC(=O)CCCCC1SCC2NC(=O)NC21. The first-order valence-corrected chi connectivity index (χ1v) is 9.60. The minimum Gasteiger partial charge on any atom is -0.356 e. The van der Waals surface area contributed by atoms with E-state index in [2.05, 4.69) is 29.8 Å². The molecule has 2 aliphatic rings. The summed E-state index contributed by atoms with van der Waals surface area (Å²) in [5.74, 6) is 1.86. The molecule has 2 heterocycles. The standard InChI is InChI=1S/C16H29N3O2S/c1-3-11(2)8-9-17-14(20)7-5-4-6-13-15-12(10-22-13)18-16(21)19-15/h11-13,15H,3-10H2,1-2H3,(H,17,20)(H2,18,19,21). The molecule has 0 aromatic rings. The summed E-state index contributed by atoms with van der Waals surface area (Å²) in [7, 11) is 0. The van der Waals surface area contributed by atoms with Crippen molar-refractivity contribution in [3.8, 4) is 0 Å². The number of amides is 3. The van der Waals surface area contributed by atoms with Gasteiger partial charge in [0.15, 0.2) is 0 Å². The summed E-state index contributed by atoms with van der Waals surface area (Å²) >= 11 is 1.94. The Bertz CT molecular complexity index is 392. The van der Waals surface area contributed by atoms with Crippen LogP contribution >= 0.6 is 11.8 Å². The summed E-state index contributed by atoms with van der Waals surface area (Å²) in [6.07, 6.45) is 5.92. The second-order valence-corrected chi connectivity index (χ2v) is 7.79. The predicted octanol–water partition coefficient (Wildman–Crippen LogP) is 2.26. The molecule has 0 saturated carbocycles. The van der Waals surface area contributed by atoms with E-state index in [9.17, 15) is 9.59 Å². The molecule has 2 aliphatic heterocycles. The van der Waals surface area contributed by atoms with Gasteiger partial charge in [0.25, 0.3) is 0 Å². The van der Waals surface area contributed by atoms with Gasteiger partial charge in [-0.15, -0.1) is 0 Å². The highest BCUT2D eigenvalue weighted by molar-refractivity contribution is 8.00. The summed E-state index contributed by atoms with van der Waals surface area (Å²) < 4.78 is 0. The summed E-state index contributed by atoms with van der Waals surface area (Å²) in [5.41, 5.74) is 0. The second-order valence-electron chi connectivity index (χ2n) is 6.52. The number of rotatable bonds is 9. The first-order chi connectivity index (χ1) is 10.6. The lowest BCUT2D eigenvalue weighted by atomic mass is 10.0. The van der Waals surface area contributed by atoms with Crippen molar-refractivity contribution >= 4 is 23.7 Å². The topological polar surface area (TPSA) is 70.2 Å². The first kappa shape index (κ1) is 17.4. The van der Waals surface area contributed by atoms with Crippen molar-refractivity contribution in [2.24, 2.45) is 5.92 Å². The van der Waals surface area contributed by atoms with Crippen LogP contribution in [0.15, 0.2) is 0 Å². The number of nitrogens with one attached hydrogen (secondary N) is 3. The first-order valence-electron chi connectivity index (χ1n) is 8.55. The van der Waals surface area contributed by atoms with Crippen molar-refractivity contribution in [2.45, 2.75) is 69.7 Å². The zero-order chi connectivity index (χ0) is 15.9. The van der Waals surface area contributed by atoms with Gasteiger partial charge in [0.2, 0.25) is 5.91 Å². The highest BCUT2D eigenvalue weighted by atomic mass is 32.2. The van der Waals surface area contributed by atoms with Crippen molar-refractivity contribution in [3.63, 3.8) is 0 Å². The van der Waals surface area contributed by atoms with Gasteiger partial charge in [0.1, 0.15) is 0 Å². The van der Waals surface area contributed by atoms with E-state index < -0.39 is 0 Å². The molecule has 0 aliphatic carbocycles. The Morgan fingerprint density at radius 2 is 2.23 bits per heavy atom. The van der Waals surface area contributed by atoms with Crippen LogP contribution in [0.1, 0.15) is 52.4 Å². The lowest BCUT2D eigenvalue weighted by Gasteiger charge is -2.16. The number of carbonyl (C=O) groups is 2. The Kier molecular flexibility index (Phi) is 6.86. The second kappa shape index (κ2) is 8.65. The third-order valence-corrected chi connectivity index (χ3v) is 6.25. The molecule has 6 heteroatoms. The molecule has 2 saturated heterocycles. The smallest absolute Gasteiger partial charge is 0.315 e. The number of thioether (sulfide) groups is 1. The Morgan fingerprint density at radius 1 is 1.41 bits per heavy atom. The van der Waals surface area contributed by atoms with Gasteiger partial charge in [-0.3, -0.25) is 4.79 Å². The number of fused-ring (bicyclic) bond motifs is 1. The van der Waals surface area contributed by atoms with Gasteiger partial charge in [0, 0.05) is 24.0 Å². The van der Waals surface area contributed by atoms with Crippen LogP contribution in [-0.2, 0) is 4.79 Å². The molecule has 4 atom stereocenters. The van der Waals surface area contributed by atoms with Gasteiger partial charge in [-0.2, -0.15) is 11.8 Å². The number of carbonyl (C=O) groups excluding carboxylic acids is 2. The zero-order valence-corrected chi connectivity index (χ0v) is 14.5. The Hall–Kier alpha value is -0.910. The van der Waals surface area contributed by atoms with E-state index in [1.165, 1.54) is 6.42 Å². The van der Waals surface area contributed by atoms with Crippen molar-refractivity contribution < 1.29 is 9.59 Å². The van der Waals surface area contributed by atoms with Crippen LogP contribution in [0.3, 0.4) is 0 Å². The highest BCUT2D eigenvalue weighted by Crippen LogP contribution is 2.33. The van der Waals surface area contributed by atoms with Crippen LogP contribution < -0.4 is 16.0 Å². The lowest BCUT2D eigenvalue weighted by Crippen LogP contribution is -2.36. The van der Waals surface area contributed by atoms with E-state index >= 15 is 0 Å². The van der Waals surface area contributed by atoms with Gasteiger partial charge >= 0.3 is 6.03 Å². The van der Waals surface area contributed by atoms with Crippen molar-refractivity contribution in [2.75, 3.05) is 12.3 Å². The minimum absolute atomic E-state index is 0.0269. The number of hydrogen-bond donors (Lipinski definition) is 3. The quantitative estimate of drug-likeness (QED) is 0.449. The van der Waals surface area contributed by atoms with Gasteiger partial charge in [-0.1, -0.05) is 26.7 Å². The van der Waals surface area contributed by atoms with Crippen molar-refractivity contribution in [1.82, 2.24) is 16.0 Å². The van der Waals surface area contributed by atoms with Crippen molar-refractivity contribution in [3.05, 3.63) is 0 Å². The maximum absolute atomic E-state index is 11.8. The molecule has 0 spiro atoms. The van der Waals surface area contributed by atoms with Gasteiger partial charge in [0.05, 0.1) is 12.1 Å². The number of unbranched alkanes of at least 4 members (excludes halogenated alkanes) is 1. The molecule has 0 radical (unpaired) electrons. The third kappa shape index (κ3) is 5.07. The maximum Gasteiger partial charge on any atom is 0.315 e. The summed E-state index contributed by atoms with van der Waals surface area (Å²) in [4.78, 5) is 23.1. The molecule has 0 aromatic carbocycles. The van der Waals surface area contributed by atoms with Crippen LogP contribution in [0, 0.1) is 5.92 Å². The zero-order valence-electron chi connectivity index (χ0n) is 13.7. The molecule has 4 unspecified atom stereocenters. The highest BCUT2D eigenvalue weighted by Gasteiger charge is 2.42. The van der Waals surface area contributed by atoms with E-state index in [1.807, 2.05) is 11.8 Å². The molecule has 3 amide bonds. The summed E-state index contributed by atoms with van der Waals surface area (Å²) in [6, 6.07) is 0.550. The van der Waals surface area contributed by atoms with Crippen LogP contribution in [-0.4, -0.2) is 41.6 Å². The minimum atomic E-state index is -0.0269. The molecule has 5 nitrogen and oxygen atoms in total. The largest absolute Gasteiger partial charge is 0.356 e. The van der Waals surface area contributed by atoms with Gasteiger partial charge < -0.3 is 16.0 Å². The molecule has 126 valence electrons. The number of hydrogen-bond acceptors (Lipinski definition) is 3. The van der Waals surface area contributed by atoms with E-state index in [1.54, 1.807) is 0 Å². The maximum atomic E-state index is 11.8. The fourth-order valence-corrected chi connectivity index (χ4v) is 4.57. The van der Waals surface area contributed by atoms with Crippen LogP contribution in [0.25, 0.3) is 0 Å². The number of urea groups is 1. The molecule has 2 fully saturated rings. The molecule has 0 aromatic heterocycles. The van der Waals surface area contributed by atoms with Gasteiger partial charge in [-0.25, -0.2) is 4.79 Å². The van der Waals surface area contributed by atoms with E-state index in [0.717, 1.165) is 38.0 Å². The molecular formula is C16H29N3O2S. The fraction of sp³-hybridized carbons (Fsp3) is 0.875. The molecule has 3 N–H and O–H groups in total. The van der Waals surface area contributed by atoms with Crippen LogP contribution in [0.5, 0.6) is 0 Å².